The number of hydrogen-bond acceptors (Lipinski definition) is 5. The van der Waals surface area contributed by atoms with Gasteiger partial charge < -0.3 is 15.1 Å². The van der Waals surface area contributed by atoms with Gasteiger partial charge in [0.15, 0.2) is 5.65 Å². The van der Waals surface area contributed by atoms with Crippen molar-refractivity contribution in [2.75, 3.05) is 36.0 Å². The van der Waals surface area contributed by atoms with E-state index in [0.717, 1.165) is 49.4 Å². The lowest BCUT2D eigenvalue weighted by molar-refractivity contribution is -0.120. The van der Waals surface area contributed by atoms with E-state index in [0.29, 0.717) is 11.8 Å². The van der Waals surface area contributed by atoms with Crippen LogP contribution in [-0.2, 0) is 18.4 Å². The molecule has 2 fully saturated rings. The van der Waals surface area contributed by atoms with E-state index in [1.165, 1.54) is 16.8 Å². The van der Waals surface area contributed by atoms with Gasteiger partial charge in [0.05, 0.1) is 23.2 Å². The molecular formula is C23H26N6O. The van der Waals surface area contributed by atoms with Crippen LogP contribution >= 0.6 is 0 Å². The molecule has 3 atom stereocenters. The maximum Gasteiger partial charge on any atom is 0.231 e. The van der Waals surface area contributed by atoms with Crippen molar-refractivity contribution >= 4 is 28.3 Å². The Morgan fingerprint density at radius 3 is 2.93 bits per heavy atom. The monoisotopic (exact) mass is 402 g/mol. The molecule has 30 heavy (non-hydrogen) atoms. The van der Waals surface area contributed by atoms with Crippen LogP contribution in [0.25, 0.3) is 11.0 Å². The number of aromatic nitrogens is 3. The molecule has 1 amide bonds. The molecule has 0 spiro atoms. The van der Waals surface area contributed by atoms with Crippen LogP contribution in [0.2, 0.25) is 0 Å². The first-order chi connectivity index (χ1) is 14.6. The molecule has 0 bridgehead atoms. The first-order valence-electron chi connectivity index (χ1n) is 10.8. The van der Waals surface area contributed by atoms with Crippen LogP contribution in [0.3, 0.4) is 0 Å². The van der Waals surface area contributed by atoms with Crippen LogP contribution in [0.4, 0.5) is 11.4 Å². The summed E-state index contributed by atoms with van der Waals surface area (Å²) in [6, 6.07) is 8.70. The van der Waals surface area contributed by atoms with Gasteiger partial charge in [-0.1, -0.05) is 13.0 Å². The molecule has 0 saturated carbocycles. The Bertz CT molecular complexity index is 1150. The summed E-state index contributed by atoms with van der Waals surface area (Å²) in [5, 5.41) is 8.83. The number of hydrogen-bond donors (Lipinski definition) is 1. The highest BCUT2D eigenvalue weighted by atomic mass is 16.2. The number of carbonyl (C=O) groups is 1. The number of amides is 1. The SMILES string of the molecule is C[C@H]1CN(c2ccnc3c2cnn3C)Cc2ccc(N3C[C@H]4CNC[C@H]4C3=O)cc21. The van der Waals surface area contributed by atoms with Crippen LogP contribution < -0.4 is 15.1 Å². The van der Waals surface area contributed by atoms with E-state index >= 15 is 0 Å². The summed E-state index contributed by atoms with van der Waals surface area (Å²) in [6.07, 6.45) is 3.78. The molecule has 1 N–H and O–H groups in total. The fraction of sp³-hybridized carbons (Fsp3) is 0.435. The van der Waals surface area contributed by atoms with Crippen LogP contribution in [0.1, 0.15) is 24.0 Å². The fourth-order valence-electron chi connectivity index (χ4n) is 5.52. The highest BCUT2D eigenvalue weighted by Crippen LogP contribution is 2.38. The van der Waals surface area contributed by atoms with Crippen molar-refractivity contribution in [3.8, 4) is 0 Å². The summed E-state index contributed by atoms with van der Waals surface area (Å²) in [6.45, 7) is 6.69. The number of rotatable bonds is 2. The van der Waals surface area contributed by atoms with E-state index in [4.69, 9.17) is 0 Å². The molecule has 7 nitrogen and oxygen atoms in total. The van der Waals surface area contributed by atoms with Crippen LogP contribution in [0, 0.1) is 11.8 Å². The smallest absolute Gasteiger partial charge is 0.231 e. The Labute approximate surface area is 175 Å². The Kier molecular flexibility index (Phi) is 3.90. The molecule has 154 valence electrons. The van der Waals surface area contributed by atoms with Crippen molar-refractivity contribution in [2.45, 2.75) is 19.4 Å². The number of anilines is 2. The third-order valence-corrected chi connectivity index (χ3v) is 7.12. The van der Waals surface area contributed by atoms with Crippen LogP contribution in [0.15, 0.2) is 36.7 Å². The first kappa shape index (κ1) is 17.9. The fourth-order valence-corrected chi connectivity index (χ4v) is 5.52. The molecule has 1 aromatic carbocycles. The summed E-state index contributed by atoms with van der Waals surface area (Å²) >= 11 is 0. The van der Waals surface area contributed by atoms with Gasteiger partial charge in [0.1, 0.15) is 0 Å². The third-order valence-electron chi connectivity index (χ3n) is 7.12. The number of pyridine rings is 1. The third kappa shape index (κ3) is 2.58. The second-order valence-corrected chi connectivity index (χ2v) is 8.97. The largest absolute Gasteiger partial charge is 0.366 e. The molecule has 2 aromatic heterocycles. The molecule has 0 unspecified atom stereocenters. The van der Waals surface area contributed by atoms with Crippen LogP contribution in [0.5, 0.6) is 0 Å². The van der Waals surface area contributed by atoms with Crippen molar-refractivity contribution < 1.29 is 4.79 Å². The zero-order chi connectivity index (χ0) is 20.4. The van der Waals surface area contributed by atoms with E-state index in [9.17, 15) is 4.79 Å². The number of fused-ring (bicyclic) bond motifs is 3. The Balaban J connectivity index is 1.31. The summed E-state index contributed by atoms with van der Waals surface area (Å²) in [5.74, 6) is 1.27. The van der Waals surface area contributed by atoms with Crippen molar-refractivity contribution in [1.82, 2.24) is 20.1 Å². The second kappa shape index (κ2) is 6.54. The minimum atomic E-state index is 0.155. The van der Waals surface area contributed by atoms with Gasteiger partial charge in [-0.2, -0.15) is 5.10 Å². The molecule has 2 saturated heterocycles. The molecule has 3 aliphatic heterocycles. The normalized spacial score (nSPS) is 25.8. The van der Waals surface area contributed by atoms with Gasteiger partial charge in [0.2, 0.25) is 5.91 Å². The summed E-state index contributed by atoms with van der Waals surface area (Å²) in [4.78, 5) is 21.8. The summed E-state index contributed by atoms with van der Waals surface area (Å²) in [5.41, 5.74) is 5.86. The van der Waals surface area contributed by atoms with E-state index in [-0.39, 0.29) is 11.8 Å². The predicted octanol–water partition coefficient (Wildman–Crippen LogP) is 2.27. The molecule has 5 heterocycles. The number of nitrogens with zero attached hydrogens (tertiary/aromatic N) is 5. The van der Waals surface area contributed by atoms with E-state index in [2.05, 4.69) is 51.5 Å². The maximum absolute atomic E-state index is 12.9. The number of nitrogens with one attached hydrogen (secondary N) is 1. The van der Waals surface area contributed by atoms with Crippen molar-refractivity contribution in [1.29, 1.82) is 0 Å². The van der Waals surface area contributed by atoms with Gasteiger partial charge in [-0.25, -0.2) is 4.98 Å². The minimum absolute atomic E-state index is 0.155. The average molecular weight is 403 g/mol. The van der Waals surface area contributed by atoms with E-state index in [1.807, 2.05) is 29.0 Å². The highest BCUT2D eigenvalue weighted by molar-refractivity contribution is 5.98. The lowest BCUT2D eigenvalue weighted by Gasteiger charge is -2.35. The summed E-state index contributed by atoms with van der Waals surface area (Å²) < 4.78 is 1.82. The lowest BCUT2D eigenvalue weighted by Crippen LogP contribution is -2.34. The topological polar surface area (TPSA) is 66.3 Å². The van der Waals surface area contributed by atoms with Gasteiger partial charge in [-0.05, 0) is 35.2 Å². The Hall–Kier alpha value is -2.93. The molecule has 3 aliphatic rings. The van der Waals surface area contributed by atoms with Gasteiger partial charge >= 0.3 is 0 Å². The molecule has 0 radical (unpaired) electrons. The maximum atomic E-state index is 12.9. The van der Waals surface area contributed by atoms with Gasteiger partial charge in [-0.15, -0.1) is 0 Å². The lowest BCUT2D eigenvalue weighted by atomic mass is 9.90. The minimum Gasteiger partial charge on any atom is -0.366 e. The number of benzene rings is 1. The summed E-state index contributed by atoms with van der Waals surface area (Å²) in [7, 11) is 1.93. The average Bonchev–Trinajstić information content (AvgIpc) is 3.45. The van der Waals surface area contributed by atoms with Gasteiger partial charge in [0.25, 0.3) is 0 Å². The van der Waals surface area contributed by atoms with E-state index in [1.54, 1.807) is 0 Å². The van der Waals surface area contributed by atoms with Gasteiger partial charge in [0, 0.05) is 57.6 Å². The molecule has 3 aromatic rings. The molecule has 6 rings (SSSR count). The van der Waals surface area contributed by atoms with Crippen molar-refractivity contribution in [3.05, 3.63) is 47.8 Å². The van der Waals surface area contributed by atoms with Crippen LogP contribution in [-0.4, -0.2) is 46.9 Å². The Morgan fingerprint density at radius 2 is 2.07 bits per heavy atom. The first-order valence-corrected chi connectivity index (χ1v) is 10.8. The standard InChI is InChI=1S/C23H26N6O/c1-14-11-28(21-5-6-25-22-20(21)10-26-27(22)2)12-15-3-4-17(7-18(14)15)29-13-16-8-24-9-19(16)23(29)30/h3-7,10,14,16,19,24H,8-9,11-13H2,1-2H3/t14-,16+,19+/m0/s1. The van der Waals surface area contributed by atoms with Gasteiger partial charge in [-0.3, -0.25) is 9.48 Å². The molecule has 7 heteroatoms. The number of aryl methyl sites for hydroxylation is 1. The molecular weight excluding hydrogens is 376 g/mol. The molecule has 0 aliphatic carbocycles. The van der Waals surface area contributed by atoms with Crippen molar-refractivity contribution in [2.24, 2.45) is 18.9 Å². The quantitative estimate of drug-likeness (QED) is 0.712. The van der Waals surface area contributed by atoms with Crippen molar-refractivity contribution in [3.63, 3.8) is 0 Å². The second-order valence-electron chi connectivity index (χ2n) is 8.97. The zero-order valence-corrected chi connectivity index (χ0v) is 17.4. The number of carbonyl (C=O) groups excluding carboxylic acids is 1. The Morgan fingerprint density at radius 1 is 1.17 bits per heavy atom. The highest BCUT2D eigenvalue weighted by Gasteiger charge is 2.43. The van der Waals surface area contributed by atoms with E-state index < -0.39 is 0 Å². The predicted molar refractivity (Wildman–Crippen MR) is 117 cm³/mol. The zero-order valence-electron chi connectivity index (χ0n) is 17.4.